The summed E-state index contributed by atoms with van der Waals surface area (Å²) < 4.78 is 10.7. The fraction of sp³-hybridized carbons (Fsp3) is 0.633. The molecular formula is C30H45ClN4O7. The van der Waals surface area contributed by atoms with Gasteiger partial charge in [0.05, 0.1) is 17.1 Å². The topological polar surface area (TPSA) is 143 Å². The summed E-state index contributed by atoms with van der Waals surface area (Å²) >= 11 is 6.32. The lowest BCUT2D eigenvalue weighted by Crippen LogP contribution is -2.61. The van der Waals surface area contributed by atoms with Gasteiger partial charge in [0.1, 0.15) is 18.1 Å². The predicted octanol–water partition coefficient (Wildman–Crippen LogP) is 3.89. The molecule has 12 heteroatoms. The van der Waals surface area contributed by atoms with Crippen molar-refractivity contribution in [1.29, 1.82) is 0 Å². The van der Waals surface area contributed by atoms with Crippen LogP contribution in [0.5, 0.6) is 0 Å². The molecule has 11 nitrogen and oxygen atoms in total. The lowest BCUT2D eigenvalue weighted by atomic mass is 9.84. The van der Waals surface area contributed by atoms with Gasteiger partial charge in [0, 0.05) is 25.1 Å². The van der Waals surface area contributed by atoms with Crippen molar-refractivity contribution in [1.82, 2.24) is 15.5 Å². The van der Waals surface area contributed by atoms with Crippen molar-refractivity contribution in [2.75, 3.05) is 18.5 Å². The summed E-state index contributed by atoms with van der Waals surface area (Å²) in [7, 11) is 0. The third-order valence-corrected chi connectivity index (χ3v) is 7.56. The fourth-order valence-corrected chi connectivity index (χ4v) is 4.91. The quantitative estimate of drug-likeness (QED) is 0.288. The van der Waals surface area contributed by atoms with E-state index in [2.05, 4.69) is 16.0 Å². The lowest BCUT2D eigenvalue weighted by molar-refractivity contribution is -0.165. The average Bonchev–Trinajstić information content (AvgIpc) is 3.27. The third kappa shape index (κ3) is 8.91. The van der Waals surface area contributed by atoms with Crippen molar-refractivity contribution in [2.45, 2.75) is 99.1 Å². The highest BCUT2D eigenvalue weighted by molar-refractivity contribution is 6.34. The number of amides is 4. The molecule has 1 aromatic carbocycles. The average molecular weight is 609 g/mol. The van der Waals surface area contributed by atoms with Crippen molar-refractivity contribution in [2.24, 2.45) is 11.3 Å². The van der Waals surface area contributed by atoms with E-state index in [0.717, 1.165) is 0 Å². The molecule has 1 aliphatic heterocycles. The third-order valence-electron chi connectivity index (χ3n) is 7.25. The summed E-state index contributed by atoms with van der Waals surface area (Å²) in [5.74, 6) is -2.30. The minimum atomic E-state index is -0.991. The number of hydrogen-bond donors (Lipinski definition) is 3. The van der Waals surface area contributed by atoms with Crippen molar-refractivity contribution in [3.63, 3.8) is 0 Å². The van der Waals surface area contributed by atoms with Crippen molar-refractivity contribution >= 4 is 46.9 Å². The Balaban J connectivity index is 2.34. The van der Waals surface area contributed by atoms with E-state index >= 15 is 0 Å². The second-order valence-corrected chi connectivity index (χ2v) is 11.9. The summed E-state index contributed by atoms with van der Waals surface area (Å²) in [4.78, 5) is 66.3. The van der Waals surface area contributed by atoms with E-state index in [0.29, 0.717) is 18.7 Å². The number of cyclic esters (lactones) is 1. The van der Waals surface area contributed by atoms with E-state index in [-0.39, 0.29) is 41.8 Å². The van der Waals surface area contributed by atoms with E-state index in [1.54, 1.807) is 20.8 Å². The van der Waals surface area contributed by atoms with Gasteiger partial charge in [-0.3, -0.25) is 24.0 Å². The van der Waals surface area contributed by atoms with Gasteiger partial charge in [0.25, 0.3) is 5.91 Å². The molecule has 42 heavy (non-hydrogen) atoms. The molecule has 1 aliphatic rings. The molecule has 1 saturated heterocycles. The Labute approximate surface area is 253 Å². The zero-order valence-corrected chi connectivity index (χ0v) is 26.6. The van der Waals surface area contributed by atoms with Gasteiger partial charge in [0.2, 0.25) is 24.0 Å². The molecule has 0 aromatic heterocycles. The summed E-state index contributed by atoms with van der Waals surface area (Å²) in [5.41, 5.74) is -0.131. The number of nitrogens with zero attached hydrogens (tertiary/aromatic N) is 1. The minimum absolute atomic E-state index is 0.0339. The maximum Gasteiger partial charge on any atom is 0.310 e. The van der Waals surface area contributed by atoms with Gasteiger partial charge >= 0.3 is 5.97 Å². The van der Waals surface area contributed by atoms with Crippen LogP contribution < -0.4 is 16.0 Å². The Kier molecular flexibility index (Phi) is 12.8. The molecular weight excluding hydrogens is 564 g/mol. The number of benzene rings is 1. The van der Waals surface area contributed by atoms with Gasteiger partial charge in [-0.25, -0.2) is 0 Å². The zero-order chi connectivity index (χ0) is 31.8. The molecule has 0 bridgehead atoms. The minimum Gasteiger partial charge on any atom is -0.433 e. The number of ether oxygens (including phenoxy) is 2. The molecule has 5 unspecified atom stereocenters. The highest BCUT2D eigenvalue weighted by Crippen LogP contribution is 2.27. The Morgan fingerprint density at radius 3 is 2.33 bits per heavy atom. The van der Waals surface area contributed by atoms with Crippen LogP contribution in [0.1, 0.15) is 85.0 Å². The van der Waals surface area contributed by atoms with Crippen LogP contribution >= 0.6 is 11.6 Å². The van der Waals surface area contributed by atoms with Crippen molar-refractivity contribution < 1.29 is 33.4 Å². The van der Waals surface area contributed by atoms with Gasteiger partial charge in [0.15, 0.2) is 0 Å². The molecule has 0 aliphatic carbocycles. The van der Waals surface area contributed by atoms with Gasteiger partial charge < -0.3 is 30.3 Å². The molecule has 5 atom stereocenters. The van der Waals surface area contributed by atoms with Crippen LogP contribution in [-0.2, 0) is 28.7 Å². The lowest BCUT2D eigenvalue weighted by Gasteiger charge is -2.40. The van der Waals surface area contributed by atoms with Crippen LogP contribution in [0.4, 0.5) is 5.69 Å². The smallest absolute Gasteiger partial charge is 0.310 e. The summed E-state index contributed by atoms with van der Waals surface area (Å²) in [5, 5.41) is 8.57. The largest absolute Gasteiger partial charge is 0.433 e. The Hall–Kier alpha value is -3.18. The maximum absolute atomic E-state index is 14.1. The summed E-state index contributed by atoms with van der Waals surface area (Å²) in [6, 6.07) is 1.94. The molecule has 234 valence electrons. The number of likely N-dealkylation sites (N-methyl/N-ethyl adjacent to an activating group) is 1. The monoisotopic (exact) mass is 608 g/mol. The van der Waals surface area contributed by atoms with Crippen LogP contribution in [0.15, 0.2) is 18.2 Å². The van der Waals surface area contributed by atoms with E-state index in [1.165, 1.54) is 23.1 Å². The summed E-state index contributed by atoms with van der Waals surface area (Å²) in [6.45, 7) is 15.0. The first-order chi connectivity index (χ1) is 19.7. The Morgan fingerprint density at radius 1 is 1.14 bits per heavy atom. The van der Waals surface area contributed by atoms with Gasteiger partial charge in [-0.05, 0) is 43.4 Å². The maximum atomic E-state index is 14.1. The Morgan fingerprint density at radius 2 is 1.81 bits per heavy atom. The normalized spacial score (nSPS) is 18.8. The van der Waals surface area contributed by atoms with Crippen LogP contribution in [0, 0.1) is 11.3 Å². The molecule has 1 aromatic rings. The summed E-state index contributed by atoms with van der Waals surface area (Å²) in [6.07, 6.45) is -0.0571. The first-order valence-corrected chi connectivity index (χ1v) is 14.9. The number of esters is 1. The van der Waals surface area contributed by atoms with Crippen LogP contribution in [0.2, 0.25) is 5.02 Å². The first kappa shape index (κ1) is 35.0. The van der Waals surface area contributed by atoms with E-state index in [4.69, 9.17) is 21.1 Å². The second-order valence-electron chi connectivity index (χ2n) is 11.5. The van der Waals surface area contributed by atoms with E-state index in [9.17, 15) is 24.0 Å². The van der Waals surface area contributed by atoms with Crippen molar-refractivity contribution in [3.05, 3.63) is 28.8 Å². The van der Waals surface area contributed by atoms with Crippen molar-refractivity contribution in [3.8, 4) is 0 Å². The molecule has 0 radical (unpaired) electrons. The first-order valence-electron chi connectivity index (χ1n) is 14.5. The fourth-order valence-electron chi connectivity index (χ4n) is 4.68. The molecule has 3 N–H and O–H groups in total. The van der Waals surface area contributed by atoms with E-state index in [1.807, 2.05) is 34.6 Å². The number of rotatable bonds is 13. The van der Waals surface area contributed by atoms with Crippen LogP contribution in [0.25, 0.3) is 0 Å². The number of hydrogen-bond acceptors (Lipinski definition) is 7. The number of carbonyl (C=O) groups excluding carboxylic acids is 5. The van der Waals surface area contributed by atoms with Gasteiger partial charge in [-0.1, -0.05) is 59.6 Å². The molecule has 4 amide bonds. The molecule has 1 fully saturated rings. The van der Waals surface area contributed by atoms with Gasteiger partial charge in [-0.15, -0.1) is 0 Å². The second kappa shape index (κ2) is 15.3. The Bertz CT molecular complexity index is 1150. The molecule has 0 saturated carbocycles. The predicted molar refractivity (Wildman–Crippen MR) is 160 cm³/mol. The number of halogens is 1. The standard InChI is InChI=1S/C30H45ClN4O7/c1-9-17(5)24(27(39)33-21-16-23(37)42-29(21)41-12-4)35(11-3)28(40)25(30(6,7)8)34-26(38)18-13-14-20(19(31)15-18)32-22(36)10-2/h13-15,17,21,24-25,29H,9-12,16H2,1-8H3,(H,32,36)(H,33,39)(H,34,38). The molecule has 0 spiro atoms. The molecule has 1 heterocycles. The number of anilines is 1. The van der Waals surface area contributed by atoms with Crippen LogP contribution in [-0.4, -0.2) is 72.1 Å². The number of carbonyl (C=O) groups is 5. The SMILES string of the molecule is CCOC1OC(=O)CC1NC(=O)C(C(C)CC)N(CC)C(=O)C(NC(=O)c1ccc(NC(=O)CC)c(Cl)c1)C(C)(C)C. The zero-order valence-electron chi connectivity index (χ0n) is 25.8. The van der Waals surface area contributed by atoms with Gasteiger partial charge in [-0.2, -0.15) is 0 Å². The highest BCUT2D eigenvalue weighted by atomic mass is 35.5. The molecule has 2 rings (SSSR count). The van der Waals surface area contributed by atoms with E-state index < -0.39 is 53.5 Å². The van der Waals surface area contributed by atoms with Crippen LogP contribution in [0.3, 0.4) is 0 Å². The number of nitrogens with one attached hydrogen (secondary N) is 3. The highest BCUT2D eigenvalue weighted by Gasteiger charge is 2.43.